The molecule has 0 spiro atoms. The Morgan fingerprint density at radius 2 is 1.92 bits per heavy atom. The summed E-state index contributed by atoms with van der Waals surface area (Å²) in [7, 11) is 0. The molecule has 0 radical (unpaired) electrons. The molecule has 11 heteroatoms. The van der Waals surface area contributed by atoms with Gasteiger partial charge < -0.3 is 28.9 Å². The lowest BCUT2D eigenvalue weighted by Crippen LogP contribution is -2.45. The number of piperazine rings is 1. The van der Waals surface area contributed by atoms with Gasteiger partial charge in [-0.3, -0.25) is 9.47 Å². The predicted molar refractivity (Wildman–Crippen MR) is 139 cm³/mol. The van der Waals surface area contributed by atoms with Crippen LogP contribution < -0.4 is 14.4 Å². The molecule has 1 saturated heterocycles. The second-order valence-electron chi connectivity index (χ2n) is 9.76. The number of hydrogen-bond acceptors (Lipinski definition) is 8. The molecule has 1 atom stereocenters. The molecule has 6 rings (SSSR count). The van der Waals surface area contributed by atoms with E-state index in [-0.39, 0.29) is 11.8 Å². The van der Waals surface area contributed by atoms with Crippen molar-refractivity contribution in [1.29, 1.82) is 0 Å². The molecule has 0 amide bonds. The minimum absolute atomic E-state index is 0.214. The molecule has 2 aromatic heterocycles. The first-order valence-corrected chi connectivity index (χ1v) is 12.5. The van der Waals surface area contributed by atoms with Crippen LogP contribution in [0.1, 0.15) is 12.7 Å². The molecule has 0 N–H and O–H groups in total. The van der Waals surface area contributed by atoms with Gasteiger partial charge in [0.15, 0.2) is 5.60 Å². The fraction of sp³-hybridized carbons (Fsp3) is 0.346. The Balaban J connectivity index is 0.993. The van der Waals surface area contributed by atoms with Crippen molar-refractivity contribution in [2.24, 2.45) is 0 Å². The van der Waals surface area contributed by atoms with E-state index in [2.05, 4.69) is 33.0 Å². The van der Waals surface area contributed by atoms with Crippen molar-refractivity contribution >= 4 is 34.1 Å². The summed E-state index contributed by atoms with van der Waals surface area (Å²) in [5, 5.41) is 12.6. The summed E-state index contributed by atoms with van der Waals surface area (Å²) in [5.41, 5.74) is 1.38. The lowest BCUT2D eigenvalue weighted by atomic mass is 10.1. The number of nitro groups is 1. The third-order valence-corrected chi connectivity index (χ3v) is 7.02. The molecule has 10 nitrogen and oxygen atoms in total. The quantitative estimate of drug-likeness (QED) is 0.253. The predicted octanol–water partition coefficient (Wildman–Crippen LogP) is 4.74. The molecule has 2 aliphatic heterocycles. The molecule has 2 aliphatic rings. The van der Waals surface area contributed by atoms with Crippen LogP contribution in [0.2, 0.25) is 5.02 Å². The van der Waals surface area contributed by atoms with E-state index in [1.807, 2.05) is 37.3 Å². The van der Waals surface area contributed by atoms with Gasteiger partial charge >= 0.3 is 11.8 Å². The van der Waals surface area contributed by atoms with E-state index in [4.69, 9.17) is 25.5 Å². The molecule has 0 saturated carbocycles. The summed E-state index contributed by atoms with van der Waals surface area (Å²) in [6, 6.07) is 16.1. The third kappa shape index (κ3) is 4.94. The van der Waals surface area contributed by atoms with Gasteiger partial charge in [0, 0.05) is 47.3 Å². The minimum atomic E-state index is -0.640. The van der Waals surface area contributed by atoms with E-state index < -0.39 is 10.5 Å². The third-order valence-electron chi connectivity index (χ3n) is 6.78. The van der Waals surface area contributed by atoms with Crippen LogP contribution in [0, 0.1) is 10.1 Å². The van der Waals surface area contributed by atoms with Gasteiger partial charge in [-0.2, -0.15) is 0 Å². The second kappa shape index (κ2) is 9.28. The van der Waals surface area contributed by atoms with Gasteiger partial charge in [0.05, 0.1) is 13.1 Å². The maximum atomic E-state index is 10.9. The maximum absolute atomic E-state index is 10.9. The SMILES string of the molecule is CC1(COc2ccc(N3CCN(Cc4cc5cc(Cl)ccc5o4)CC3)cc2)Cn2cc([N+](=O)[O-])nc2O1. The van der Waals surface area contributed by atoms with Gasteiger partial charge in [0.25, 0.3) is 0 Å². The van der Waals surface area contributed by atoms with Crippen molar-refractivity contribution in [2.75, 3.05) is 37.7 Å². The highest BCUT2D eigenvalue weighted by Gasteiger charge is 2.41. The zero-order valence-electron chi connectivity index (χ0n) is 20.3. The number of furan rings is 1. The first kappa shape index (κ1) is 23.6. The van der Waals surface area contributed by atoms with Gasteiger partial charge in [-0.05, 0) is 60.4 Å². The van der Waals surface area contributed by atoms with Crippen LogP contribution in [0.5, 0.6) is 11.8 Å². The molecule has 2 aromatic carbocycles. The number of nitrogens with zero attached hydrogens (tertiary/aromatic N) is 5. The molecule has 1 unspecified atom stereocenters. The summed E-state index contributed by atoms with van der Waals surface area (Å²) in [6.45, 7) is 7.16. The number of fused-ring (bicyclic) bond motifs is 2. The highest BCUT2D eigenvalue weighted by molar-refractivity contribution is 6.31. The van der Waals surface area contributed by atoms with E-state index in [0.29, 0.717) is 18.2 Å². The minimum Gasteiger partial charge on any atom is -0.489 e. The lowest BCUT2D eigenvalue weighted by Gasteiger charge is -2.35. The molecule has 192 valence electrons. The van der Waals surface area contributed by atoms with Crippen LogP contribution in [0.15, 0.2) is 59.1 Å². The first-order chi connectivity index (χ1) is 17.8. The molecule has 0 aliphatic carbocycles. The monoisotopic (exact) mass is 523 g/mol. The van der Waals surface area contributed by atoms with Gasteiger partial charge in [0.1, 0.15) is 29.9 Å². The summed E-state index contributed by atoms with van der Waals surface area (Å²) in [6.07, 6.45) is 1.39. The molecule has 1 fully saturated rings. The smallest absolute Gasteiger partial charge is 0.415 e. The molecule has 37 heavy (non-hydrogen) atoms. The van der Waals surface area contributed by atoms with Crippen molar-refractivity contribution in [3.63, 3.8) is 0 Å². The number of halogens is 1. The topological polar surface area (TPSA) is 99.0 Å². The lowest BCUT2D eigenvalue weighted by molar-refractivity contribution is -0.389. The zero-order valence-corrected chi connectivity index (χ0v) is 21.1. The Kier molecular flexibility index (Phi) is 5.92. The van der Waals surface area contributed by atoms with E-state index in [0.717, 1.165) is 60.9 Å². The van der Waals surface area contributed by atoms with Gasteiger partial charge in [-0.25, -0.2) is 0 Å². The summed E-state index contributed by atoms with van der Waals surface area (Å²) in [5.74, 6) is 1.48. The number of aromatic nitrogens is 2. The number of benzene rings is 2. The molecule has 4 heterocycles. The highest BCUT2D eigenvalue weighted by Crippen LogP contribution is 2.32. The Hall–Kier alpha value is -3.76. The van der Waals surface area contributed by atoms with E-state index >= 15 is 0 Å². The number of anilines is 1. The molecule has 0 bridgehead atoms. The van der Waals surface area contributed by atoms with Crippen molar-refractivity contribution < 1.29 is 18.8 Å². The Bertz CT molecular complexity index is 1420. The fourth-order valence-electron chi connectivity index (χ4n) is 4.88. The average Bonchev–Trinajstić information content (AvgIpc) is 3.54. The maximum Gasteiger partial charge on any atom is 0.415 e. The Morgan fingerprint density at radius 3 is 2.65 bits per heavy atom. The number of imidazole rings is 1. The van der Waals surface area contributed by atoms with Crippen LogP contribution in [-0.2, 0) is 13.1 Å². The molecule has 4 aromatic rings. The van der Waals surface area contributed by atoms with Crippen LogP contribution in [0.3, 0.4) is 0 Å². The number of rotatable bonds is 7. The Labute approximate surface area is 218 Å². The summed E-state index contributed by atoms with van der Waals surface area (Å²) < 4.78 is 19.4. The van der Waals surface area contributed by atoms with E-state index in [9.17, 15) is 10.1 Å². The normalized spacial score (nSPS) is 19.7. The van der Waals surface area contributed by atoms with Crippen molar-refractivity contribution in [3.8, 4) is 11.8 Å². The van der Waals surface area contributed by atoms with Crippen molar-refractivity contribution in [1.82, 2.24) is 14.5 Å². The standard InChI is InChI=1S/C26H26ClN5O5/c1-26(16-31-15-24(32(33)34)28-25(31)37-26)17-35-21-5-3-20(4-6-21)30-10-8-29(9-11-30)14-22-13-18-12-19(27)2-7-23(18)36-22/h2-7,12-13,15H,8-11,14,16-17H2,1H3. The number of hydrogen-bond donors (Lipinski definition) is 0. The second-order valence-corrected chi connectivity index (χ2v) is 10.2. The first-order valence-electron chi connectivity index (χ1n) is 12.1. The highest BCUT2D eigenvalue weighted by atomic mass is 35.5. The van der Waals surface area contributed by atoms with E-state index in [1.165, 1.54) is 6.20 Å². The summed E-state index contributed by atoms with van der Waals surface area (Å²) >= 11 is 6.09. The zero-order chi connectivity index (χ0) is 25.6. The van der Waals surface area contributed by atoms with Gasteiger partial charge in [0.2, 0.25) is 0 Å². The Morgan fingerprint density at radius 1 is 1.14 bits per heavy atom. The van der Waals surface area contributed by atoms with Crippen LogP contribution in [0.4, 0.5) is 11.5 Å². The van der Waals surface area contributed by atoms with Crippen LogP contribution in [0.25, 0.3) is 11.0 Å². The summed E-state index contributed by atoms with van der Waals surface area (Å²) in [4.78, 5) is 19.0. The van der Waals surface area contributed by atoms with Crippen LogP contribution in [-0.4, -0.2) is 57.8 Å². The van der Waals surface area contributed by atoms with Crippen molar-refractivity contribution in [3.05, 3.63) is 75.6 Å². The van der Waals surface area contributed by atoms with Gasteiger partial charge in [-0.1, -0.05) is 11.6 Å². The average molecular weight is 524 g/mol. The van der Waals surface area contributed by atoms with Gasteiger partial charge in [-0.15, -0.1) is 0 Å². The van der Waals surface area contributed by atoms with E-state index in [1.54, 1.807) is 4.57 Å². The fourth-order valence-corrected chi connectivity index (χ4v) is 5.06. The van der Waals surface area contributed by atoms with Crippen molar-refractivity contribution in [2.45, 2.75) is 25.6 Å². The molecular weight excluding hydrogens is 498 g/mol. The number of ether oxygens (including phenoxy) is 2. The molecular formula is C26H26ClN5O5. The largest absolute Gasteiger partial charge is 0.489 e. The van der Waals surface area contributed by atoms with Crippen LogP contribution >= 0.6 is 11.6 Å².